The Labute approximate surface area is 169 Å². The molecule has 1 fully saturated rings. The third kappa shape index (κ3) is 4.48. The number of halogens is 1. The molecule has 0 aliphatic carbocycles. The van der Waals surface area contributed by atoms with E-state index in [1.807, 2.05) is 48.5 Å². The smallest absolute Gasteiger partial charge is 0.323 e. The molecule has 0 aromatic heterocycles. The van der Waals surface area contributed by atoms with Gasteiger partial charge in [0, 0.05) is 14.8 Å². The van der Waals surface area contributed by atoms with Crippen LogP contribution in [-0.4, -0.2) is 32.7 Å². The standard InChI is InChI=1S/C18H12ClNO3S3/c19-12-5-7-13(8-6-12)25-14-4-2-1-3-11(14)9-15-17(23)20(10-16(21)22)18(24)26-15/h1-9H,10H2,(H,21,22)/b15-9-. The van der Waals surface area contributed by atoms with Gasteiger partial charge in [0.25, 0.3) is 5.91 Å². The quantitative estimate of drug-likeness (QED) is 0.554. The molecule has 26 heavy (non-hydrogen) atoms. The zero-order valence-corrected chi connectivity index (χ0v) is 16.4. The third-order valence-electron chi connectivity index (χ3n) is 3.41. The second-order valence-electron chi connectivity index (χ2n) is 5.26. The number of amides is 1. The van der Waals surface area contributed by atoms with E-state index in [-0.39, 0.29) is 10.2 Å². The summed E-state index contributed by atoms with van der Waals surface area (Å²) in [6.07, 6.45) is 1.75. The van der Waals surface area contributed by atoms with Crippen molar-refractivity contribution in [3.05, 3.63) is 64.0 Å². The lowest BCUT2D eigenvalue weighted by atomic mass is 10.2. The lowest BCUT2D eigenvalue weighted by Crippen LogP contribution is -2.33. The number of carbonyl (C=O) groups is 2. The molecular formula is C18H12ClNO3S3. The van der Waals surface area contributed by atoms with Gasteiger partial charge in [0.05, 0.1) is 4.91 Å². The second kappa shape index (κ2) is 8.26. The van der Waals surface area contributed by atoms with E-state index in [0.29, 0.717) is 9.93 Å². The Kier molecular flexibility index (Phi) is 6.03. The maximum absolute atomic E-state index is 12.4. The normalized spacial score (nSPS) is 15.7. The Hall–Kier alpha value is -1.80. The summed E-state index contributed by atoms with van der Waals surface area (Å²) in [5.74, 6) is -1.48. The van der Waals surface area contributed by atoms with Crippen LogP contribution >= 0.6 is 47.3 Å². The van der Waals surface area contributed by atoms with Gasteiger partial charge in [0.1, 0.15) is 10.9 Å². The summed E-state index contributed by atoms with van der Waals surface area (Å²) in [6, 6.07) is 15.2. The summed E-state index contributed by atoms with van der Waals surface area (Å²) in [6.45, 7) is -0.427. The van der Waals surface area contributed by atoms with Crippen molar-refractivity contribution in [2.45, 2.75) is 9.79 Å². The summed E-state index contributed by atoms with van der Waals surface area (Å²) in [5, 5.41) is 9.59. The number of nitrogens with zero attached hydrogens (tertiary/aromatic N) is 1. The fourth-order valence-corrected chi connectivity index (χ4v) is 4.52. The maximum Gasteiger partial charge on any atom is 0.323 e. The van der Waals surface area contributed by atoms with E-state index in [9.17, 15) is 9.59 Å². The van der Waals surface area contributed by atoms with Gasteiger partial charge in [-0.05, 0) is 42.0 Å². The van der Waals surface area contributed by atoms with Crippen LogP contribution in [0.4, 0.5) is 0 Å². The Morgan fingerprint density at radius 2 is 1.92 bits per heavy atom. The lowest BCUT2D eigenvalue weighted by Gasteiger charge is -2.10. The fraction of sp³-hybridized carbons (Fsp3) is 0.0556. The molecule has 8 heteroatoms. The van der Waals surface area contributed by atoms with Crippen molar-refractivity contribution < 1.29 is 14.7 Å². The van der Waals surface area contributed by atoms with Crippen LogP contribution < -0.4 is 0 Å². The van der Waals surface area contributed by atoms with Crippen molar-refractivity contribution in [3.63, 3.8) is 0 Å². The van der Waals surface area contributed by atoms with Crippen LogP contribution in [0.25, 0.3) is 6.08 Å². The SMILES string of the molecule is O=C(O)CN1C(=O)/C(=C/c2ccccc2Sc2ccc(Cl)cc2)SC1=S. The van der Waals surface area contributed by atoms with Crippen LogP contribution in [0, 0.1) is 0 Å². The topological polar surface area (TPSA) is 57.6 Å². The minimum atomic E-state index is -1.10. The first kappa shape index (κ1) is 19.0. The highest BCUT2D eigenvalue weighted by Gasteiger charge is 2.33. The highest BCUT2D eigenvalue weighted by molar-refractivity contribution is 8.26. The molecule has 3 rings (SSSR count). The molecule has 1 aliphatic heterocycles. The molecule has 0 unspecified atom stereocenters. The largest absolute Gasteiger partial charge is 0.480 e. The molecule has 0 bridgehead atoms. The predicted molar refractivity (Wildman–Crippen MR) is 110 cm³/mol. The van der Waals surface area contributed by atoms with Gasteiger partial charge in [-0.3, -0.25) is 14.5 Å². The first-order valence-corrected chi connectivity index (χ1v) is 9.85. The number of rotatable bonds is 5. The molecule has 0 radical (unpaired) electrons. The minimum Gasteiger partial charge on any atom is -0.480 e. The van der Waals surface area contributed by atoms with E-state index < -0.39 is 12.5 Å². The van der Waals surface area contributed by atoms with Gasteiger partial charge in [-0.25, -0.2) is 0 Å². The van der Waals surface area contributed by atoms with Gasteiger partial charge in [0.15, 0.2) is 0 Å². The molecule has 1 aliphatic rings. The summed E-state index contributed by atoms with van der Waals surface area (Å²) in [5.41, 5.74) is 0.864. The van der Waals surface area contributed by atoms with E-state index in [1.54, 1.807) is 17.8 Å². The Morgan fingerprint density at radius 1 is 1.23 bits per heavy atom. The molecule has 2 aromatic carbocycles. The number of thioether (sulfide) groups is 1. The molecule has 1 N–H and O–H groups in total. The minimum absolute atomic E-state index is 0.256. The number of carbonyl (C=O) groups excluding carboxylic acids is 1. The maximum atomic E-state index is 12.4. The summed E-state index contributed by atoms with van der Waals surface area (Å²) in [7, 11) is 0. The number of thiocarbonyl (C=S) groups is 1. The molecule has 1 amide bonds. The third-order valence-corrected chi connectivity index (χ3v) is 6.14. The van der Waals surface area contributed by atoms with Crippen LogP contribution in [0.15, 0.2) is 63.2 Å². The molecule has 132 valence electrons. The van der Waals surface area contributed by atoms with E-state index in [1.165, 1.54) is 0 Å². The molecule has 2 aromatic rings. The van der Waals surface area contributed by atoms with Crippen LogP contribution in [-0.2, 0) is 9.59 Å². The molecular weight excluding hydrogens is 410 g/mol. The van der Waals surface area contributed by atoms with Crippen molar-refractivity contribution in [1.82, 2.24) is 4.90 Å². The first-order chi connectivity index (χ1) is 12.4. The van der Waals surface area contributed by atoms with E-state index >= 15 is 0 Å². The molecule has 1 heterocycles. The highest BCUT2D eigenvalue weighted by atomic mass is 35.5. The van der Waals surface area contributed by atoms with Gasteiger partial charge in [0.2, 0.25) is 0 Å². The second-order valence-corrected chi connectivity index (χ2v) is 8.48. The Bertz CT molecular complexity index is 912. The van der Waals surface area contributed by atoms with E-state index in [2.05, 4.69) is 0 Å². The molecule has 4 nitrogen and oxygen atoms in total. The summed E-state index contributed by atoms with van der Waals surface area (Å²) >= 11 is 13.7. The lowest BCUT2D eigenvalue weighted by molar-refractivity contribution is -0.140. The van der Waals surface area contributed by atoms with Crippen LogP contribution in [0.3, 0.4) is 0 Å². The Balaban J connectivity index is 1.87. The Morgan fingerprint density at radius 3 is 2.62 bits per heavy atom. The highest BCUT2D eigenvalue weighted by Crippen LogP contribution is 2.36. The van der Waals surface area contributed by atoms with Crippen LogP contribution in [0.5, 0.6) is 0 Å². The van der Waals surface area contributed by atoms with Crippen LogP contribution in [0.1, 0.15) is 5.56 Å². The van der Waals surface area contributed by atoms with Gasteiger partial charge >= 0.3 is 5.97 Å². The number of hydrogen-bond donors (Lipinski definition) is 1. The molecule has 0 spiro atoms. The first-order valence-electron chi connectivity index (χ1n) is 7.43. The number of carboxylic acids is 1. The van der Waals surface area contributed by atoms with E-state index in [4.69, 9.17) is 28.9 Å². The molecule has 0 saturated carbocycles. The fourth-order valence-electron chi connectivity index (χ4n) is 2.24. The number of benzene rings is 2. The number of aliphatic carboxylic acids is 1. The average Bonchev–Trinajstić information content (AvgIpc) is 2.86. The van der Waals surface area contributed by atoms with Crippen molar-refractivity contribution >= 4 is 69.6 Å². The van der Waals surface area contributed by atoms with E-state index in [0.717, 1.165) is 32.0 Å². The summed E-state index contributed by atoms with van der Waals surface area (Å²) in [4.78, 5) is 26.8. The molecule has 1 saturated heterocycles. The predicted octanol–water partition coefficient (Wildman–Crippen LogP) is 4.78. The number of hydrogen-bond acceptors (Lipinski definition) is 5. The average molecular weight is 422 g/mol. The summed E-state index contributed by atoms with van der Waals surface area (Å²) < 4.78 is 0.256. The monoisotopic (exact) mass is 421 g/mol. The van der Waals surface area contributed by atoms with Gasteiger partial charge < -0.3 is 5.11 Å². The van der Waals surface area contributed by atoms with Crippen molar-refractivity contribution in [3.8, 4) is 0 Å². The van der Waals surface area contributed by atoms with Crippen molar-refractivity contribution in [2.24, 2.45) is 0 Å². The van der Waals surface area contributed by atoms with Gasteiger partial charge in [-0.2, -0.15) is 0 Å². The van der Waals surface area contributed by atoms with Gasteiger partial charge in [-0.1, -0.05) is 65.5 Å². The van der Waals surface area contributed by atoms with Crippen molar-refractivity contribution in [1.29, 1.82) is 0 Å². The molecule has 0 atom stereocenters. The van der Waals surface area contributed by atoms with Crippen LogP contribution in [0.2, 0.25) is 5.02 Å². The zero-order chi connectivity index (χ0) is 18.7. The van der Waals surface area contributed by atoms with Gasteiger partial charge in [-0.15, -0.1) is 0 Å². The van der Waals surface area contributed by atoms with Crippen molar-refractivity contribution in [2.75, 3.05) is 6.54 Å². The number of carboxylic acid groups (broad SMARTS) is 1. The zero-order valence-electron chi connectivity index (χ0n) is 13.2.